The molecule has 74 valence electrons. The predicted molar refractivity (Wildman–Crippen MR) is 56.7 cm³/mol. The predicted octanol–water partition coefficient (Wildman–Crippen LogP) is 1.49. The molecule has 14 heavy (non-hydrogen) atoms. The van der Waals surface area contributed by atoms with Gasteiger partial charge < -0.3 is 4.90 Å². The molecule has 0 N–H and O–H groups in total. The second-order valence-electron chi connectivity index (χ2n) is 3.32. The van der Waals surface area contributed by atoms with Crippen molar-refractivity contribution >= 4 is 12.0 Å². The van der Waals surface area contributed by atoms with Crippen LogP contribution in [0.3, 0.4) is 0 Å². The summed E-state index contributed by atoms with van der Waals surface area (Å²) in [7, 11) is 3.44. The normalized spacial score (nSPS) is 10.5. The minimum Gasteiger partial charge on any atom is -0.345 e. The molecule has 0 radical (unpaired) electrons. The highest BCUT2D eigenvalue weighted by atomic mass is 16.2. The summed E-state index contributed by atoms with van der Waals surface area (Å²) in [5.74, 6) is -0.0340. The van der Waals surface area contributed by atoms with Crippen LogP contribution in [0, 0.1) is 6.92 Å². The van der Waals surface area contributed by atoms with E-state index in [-0.39, 0.29) is 5.91 Å². The maximum atomic E-state index is 11.2. The van der Waals surface area contributed by atoms with Gasteiger partial charge in [0.25, 0.3) is 0 Å². The molecular weight excluding hydrogens is 176 g/mol. The number of likely N-dealkylation sites (N-methyl/N-ethyl adjacent to an activating group) is 1. The zero-order chi connectivity index (χ0) is 10.6. The SMILES string of the molecule is Cc1ccnc(C=CC(=O)N(C)C)c1. The van der Waals surface area contributed by atoms with Gasteiger partial charge in [-0.1, -0.05) is 0 Å². The van der Waals surface area contributed by atoms with Gasteiger partial charge in [0.2, 0.25) is 5.91 Å². The minimum absolute atomic E-state index is 0.0340. The Morgan fingerprint density at radius 2 is 2.21 bits per heavy atom. The van der Waals surface area contributed by atoms with Gasteiger partial charge in [-0.05, 0) is 30.7 Å². The first-order chi connectivity index (χ1) is 6.59. The van der Waals surface area contributed by atoms with Crippen LogP contribution in [0.15, 0.2) is 24.4 Å². The molecule has 0 aliphatic heterocycles. The quantitative estimate of drug-likeness (QED) is 0.662. The van der Waals surface area contributed by atoms with Crippen LogP contribution in [0.1, 0.15) is 11.3 Å². The summed E-state index contributed by atoms with van der Waals surface area (Å²) < 4.78 is 0. The number of pyridine rings is 1. The van der Waals surface area contributed by atoms with E-state index in [0.29, 0.717) is 0 Å². The van der Waals surface area contributed by atoms with Crippen molar-refractivity contribution in [3.63, 3.8) is 0 Å². The first kappa shape index (κ1) is 10.4. The zero-order valence-electron chi connectivity index (χ0n) is 8.69. The molecule has 0 aliphatic carbocycles. The van der Waals surface area contributed by atoms with Crippen molar-refractivity contribution in [1.82, 2.24) is 9.88 Å². The second-order valence-corrected chi connectivity index (χ2v) is 3.32. The molecule has 1 aromatic heterocycles. The largest absolute Gasteiger partial charge is 0.345 e. The lowest BCUT2D eigenvalue weighted by Gasteiger charge is -2.04. The number of carbonyl (C=O) groups is 1. The molecule has 0 saturated carbocycles. The molecule has 1 amide bonds. The van der Waals surface area contributed by atoms with Gasteiger partial charge in [0, 0.05) is 26.4 Å². The van der Waals surface area contributed by atoms with Crippen molar-refractivity contribution in [2.75, 3.05) is 14.1 Å². The van der Waals surface area contributed by atoms with Crippen molar-refractivity contribution < 1.29 is 4.79 Å². The highest BCUT2D eigenvalue weighted by Crippen LogP contribution is 2.01. The number of carbonyl (C=O) groups excluding carboxylic acids is 1. The summed E-state index contributed by atoms with van der Waals surface area (Å²) in [6, 6.07) is 3.85. The van der Waals surface area contributed by atoms with E-state index in [2.05, 4.69) is 4.98 Å². The third-order valence-corrected chi connectivity index (χ3v) is 1.77. The van der Waals surface area contributed by atoms with E-state index < -0.39 is 0 Å². The van der Waals surface area contributed by atoms with Crippen molar-refractivity contribution in [2.24, 2.45) is 0 Å². The lowest BCUT2D eigenvalue weighted by atomic mass is 10.2. The van der Waals surface area contributed by atoms with Crippen LogP contribution < -0.4 is 0 Å². The van der Waals surface area contributed by atoms with Crippen LogP contribution in [0.25, 0.3) is 6.08 Å². The third kappa shape index (κ3) is 3.01. The first-order valence-corrected chi connectivity index (χ1v) is 4.41. The smallest absolute Gasteiger partial charge is 0.246 e. The Kier molecular flexibility index (Phi) is 3.40. The molecule has 3 heteroatoms. The van der Waals surface area contributed by atoms with E-state index in [1.807, 2.05) is 19.1 Å². The second kappa shape index (κ2) is 4.56. The van der Waals surface area contributed by atoms with Gasteiger partial charge in [-0.3, -0.25) is 9.78 Å². The van der Waals surface area contributed by atoms with Crippen molar-refractivity contribution in [1.29, 1.82) is 0 Å². The number of amides is 1. The van der Waals surface area contributed by atoms with E-state index in [1.165, 1.54) is 11.0 Å². The summed E-state index contributed by atoms with van der Waals surface area (Å²) in [6.07, 6.45) is 4.96. The number of rotatable bonds is 2. The molecule has 0 atom stereocenters. The molecule has 1 heterocycles. The lowest BCUT2D eigenvalue weighted by Crippen LogP contribution is -2.18. The topological polar surface area (TPSA) is 33.2 Å². The molecule has 0 saturated heterocycles. The number of aromatic nitrogens is 1. The summed E-state index contributed by atoms with van der Waals surface area (Å²) >= 11 is 0. The van der Waals surface area contributed by atoms with Crippen LogP contribution in [0.2, 0.25) is 0 Å². The molecule has 3 nitrogen and oxygen atoms in total. The number of hydrogen-bond donors (Lipinski definition) is 0. The van der Waals surface area contributed by atoms with Crippen LogP contribution in [-0.2, 0) is 4.79 Å². The average molecular weight is 190 g/mol. The Hall–Kier alpha value is -1.64. The number of aryl methyl sites for hydroxylation is 1. The Morgan fingerprint density at radius 1 is 1.50 bits per heavy atom. The highest BCUT2D eigenvalue weighted by molar-refractivity contribution is 5.91. The Balaban J connectivity index is 2.74. The summed E-state index contributed by atoms with van der Waals surface area (Å²) in [4.78, 5) is 16.8. The van der Waals surface area contributed by atoms with E-state index in [0.717, 1.165) is 11.3 Å². The van der Waals surface area contributed by atoms with E-state index in [1.54, 1.807) is 26.4 Å². The molecule has 0 bridgehead atoms. The van der Waals surface area contributed by atoms with Crippen molar-refractivity contribution in [3.8, 4) is 0 Å². The molecule has 0 aromatic carbocycles. The molecular formula is C11H14N2O. The number of hydrogen-bond acceptors (Lipinski definition) is 2. The van der Waals surface area contributed by atoms with Gasteiger partial charge in [0.1, 0.15) is 0 Å². The van der Waals surface area contributed by atoms with Crippen molar-refractivity contribution in [3.05, 3.63) is 35.7 Å². The molecule has 0 unspecified atom stereocenters. The fourth-order valence-corrected chi connectivity index (χ4v) is 0.956. The number of nitrogens with zero attached hydrogens (tertiary/aromatic N) is 2. The lowest BCUT2D eigenvalue weighted by molar-refractivity contribution is -0.123. The summed E-state index contributed by atoms with van der Waals surface area (Å²) in [5.41, 5.74) is 1.94. The minimum atomic E-state index is -0.0340. The van der Waals surface area contributed by atoms with E-state index in [9.17, 15) is 4.79 Å². The van der Waals surface area contributed by atoms with Crippen LogP contribution >= 0.6 is 0 Å². The first-order valence-electron chi connectivity index (χ1n) is 4.41. The van der Waals surface area contributed by atoms with Gasteiger partial charge in [-0.25, -0.2) is 0 Å². The maximum absolute atomic E-state index is 11.2. The monoisotopic (exact) mass is 190 g/mol. The summed E-state index contributed by atoms with van der Waals surface area (Å²) in [6.45, 7) is 1.99. The summed E-state index contributed by atoms with van der Waals surface area (Å²) in [5, 5.41) is 0. The van der Waals surface area contributed by atoms with Gasteiger partial charge in [0.05, 0.1) is 5.69 Å². The van der Waals surface area contributed by atoms with E-state index in [4.69, 9.17) is 0 Å². The molecule has 0 spiro atoms. The van der Waals surface area contributed by atoms with Gasteiger partial charge in [-0.15, -0.1) is 0 Å². The Labute approximate surface area is 84.1 Å². The fourth-order valence-electron chi connectivity index (χ4n) is 0.956. The van der Waals surface area contributed by atoms with Crippen LogP contribution in [0.5, 0.6) is 0 Å². The fraction of sp³-hybridized carbons (Fsp3) is 0.273. The third-order valence-electron chi connectivity index (χ3n) is 1.77. The van der Waals surface area contributed by atoms with Gasteiger partial charge >= 0.3 is 0 Å². The maximum Gasteiger partial charge on any atom is 0.246 e. The Morgan fingerprint density at radius 3 is 2.79 bits per heavy atom. The van der Waals surface area contributed by atoms with Crippen LogP contribution in [0.4, 0.5) is 0 Å². The van der Waals surface area contributed by atoms with Crippen molar-refractivity contribution in [2.45, 2.75) is 6.92 Å². The zero-order valence-corrected chi connectivity index (χ0v) is 8.69. The Bertz CT molecular complexity index is 356. The molecule has 0 fully saturated rings. The highest BCUT2D eigenvalue weighted by Gasteiger charge is 1.96. The van der Waals surface area contributed by atoms with E-state index >= 15 is 0 Å². The van der Waals surface area contributed by atoms with Gasteiger partial charge in [-0.2, -0.15) is 0 Å². The molecule has 1 aromatic rings. The van der Waals surface area contributed by atoms with Crippen LogP contribution in [-0.4, -0.2) is 29.9 Å². The standard InChI is InChI=1S/C11H14N2O/c1-9-6-7-12-10(8-9)4-5-11(14)13(2)3/h4-8H,1-3H3. The molecule has 0 aliphatic rings. The average Bonchev–Trinajstić information content (AvgIpc) is 2.14. The molecule has 1 rings (SSSR count). The van der Waals surface area contributed by atoms with Gasteiger partial charge in [0.15, 0.2) is 0 Å².